The first-order valence-electron chi connectivity index (χ1n) is 10.6. The maximum absolute atomic E-state index is 13.1. The zero-order valence-electron chi connectivity index (χ0n) is 16.9. The van der Waals surface area contributed by atoms with E-state index in [4.69, 9.17) is 4.74 Å². The minimum Gasteiger partial charge on any atom is -0.439 e. The number of rotatable bonds is 4. The summed E-state index contributed by atoms with van der Waals surface area (Å²) in [6.07, 6.45) is 3.80. The van der Waals surface area contributed by atoms with Gasteiger partial charge in [-0.25, -0.2) is 4.98 Å². The molecule has 5 rings (SSSR count). The van der Waals surface area contributed by atoms with Gasteiger partial charge in [-0.3, -0.25) is 9.69 Å². The molecule has 0 bridgehead atoms. The van der Waals surface area contributed by atoms with Gasteiger partial charge in [0.15, 0.2) is 0 Å². The topological polar surface area (TPSA) is 45.7 Å². The van der Waals surface area contributed by atoms with Crippen molar-refractivity contribution in [3.8, 4) is 11.6 Å². The fourth-order valence-corrected chi connectivity index (χ4v) is 4.46. The Balaban J connectivity index is 1.24. The van der Waals surface area contributed by atoms with Crippen LogP contribution in [-0.2, 0) is 13.0 Å². The molecule has 2 aromatic carbocycles. The maximum Gasteiger partial charge on any atom is 0.254 e. The Labute approximate surface area is 176 Å². The highest BCUT2D eigenvalue weighted by molar-refractivity contribution is 5.94. The second-order valence-electron chi connectivity index (χ2n) is 7.98. The summed E-state index contributed by atoms with van der Waals surface area (Å²) < 4.78 is 5.79. The molecular weight excluding hydrogens is 374 g/mol. The molecule has 0 radical (unpaired) electrons. The number of hydrogen-bond acceptors (Lipinski definition) is 4. The standard InChI is InChI=1S/C25H25N3O2/c29-25(20-8-5-9-23(16-20)30-24-10-3-4-13-26-24)28-15-12-22(18-28)27-14-11-19-6-1-2-7-21(19)17-27/h1-10,13,16,22H,11-12,14-15,17-18H2. The zero-order chi connectivity index (χ0) is 20.3. The molecule has 1 aromatic heterocycles. The van der Waals surface area contributed by atoms with Crippen LogP contribution in [0.5, 0.6) is 11.6 Å². The van der Waals surface area contributed by atoms with Gasteiger partial charge in [0.1, 0.15) is 5.75 Å². The lowest BCUT2D eigenvalue weighted by molar-refractivity contribution is 0.0773. The highest BCUT2D eigenvalue weighted by Gasteiger charge is 2.32. The normalized spacial score (nSPS) is 18.8. The number of likely N-dealkylation sites (tertiary alicyclic amines) is 1. The van der Waals surface area contributed by atoms with Crippen molar-refractivity contribution in [2.75, 3.05) is 19.6 Å². The Hall–Kier alpha value is -3.18. The summed E-state index contributed by atoms with van der Waals surface area (Å²) in [5.74, 6) is 1.22. The highest BCUT2D eigenvalue weighted by Crippen LogP contribution is 2.26. The lowest BCUT2D eigenvalue weighted by atomic mass is 9.98. The van der Waals surface area contributed by atoms with Gasteiger partial charge in [0, 0.05) is 50.0 Å². The molecular formula is C25H25N3O2. The van der Waals surface area contributed by atoms with Crippen molar-refractivity contribution < 1.29 is 9.53 Å². The van der Waals surface area contributed by atoms with Gasteiger partial charge in [-0.1, -0.05) is 36.4 Å². The fraction of sp³-hybridized carbons (Fsp3) is 0.280. The summed E-state index contributed by atoms with van der Waals surface area (Å²) in [7, 11) is 0. The van der Waals surface area contributed by atoms with Crippen LogP contribution in [0.3, 0.4) is 0 Å². The lowest BCUT2D eigenvalue weighted by Gasteiger charge is -2.33. The lowest BCUT2D eigenvalue weighted by Crippen LogP contribution is -2.41. The van der Waals surface area contributed by atoms with Gasteiger partial charge in [0.2, 0.25) is 5.88 Å². The van der Waals surface area contributed by atoms with Crippen LogP contribution in [-0.4, -0.2) is 46.4 Å². The third-order valence-electron chi connectivity index (χ3n) is 6.07. The monoisotopic (exact) mass is 399 g/mol. The zero-order valence-corrected chi connectivity index (χ0v) is 16.9. The summed E-state index contributed by atoms with van der Waals surface area (Å²) >= 11 is 0. The molecule has 1 unspecified atom stereocenters. The Bertz CT molecular complexity index is 1040. The van der Waals surface area contributed by atoms with Gasteiger partial charge in [-0.2, -0.15) is 0 Å². The molecule has 1 fully saturated rings. The smallest absolute Gasteiger partial charge is 0.254 e. The molecule has 0 spiro atoms. The number of benzene rings is 2. The summed E-state index contributed by atoms with van der Waals surface area (Å²) in [6.45, 7) is 3.63. The van der Waals surface area contributed by atoms with Crippen LogP contribution < -0.4 is 4.74 Å². The number of aromatic nitrogens is 1. The van der Waals surface area contributed by atoms with Crippen molar-refractivity contribution in [1.29, 1.82) is 0 Å². The molecule has 3 heterocycles. The van der Waals surface area contributed by atoms with Gasteiger partial charge >= 0.3 is 0 Å². The van der Waals surface area contributed by atoms with E-state index in [0.29, 0.717) is 23.2 Å². The molecule has 5 nitrogen and oxygen atoms in total. The number of pyridine rings is 1. The van der Waals surface area contributed by atoms with Crippen LogP contribution in [0.15, 0.2) is 72.9 Å². The van der Waals surface area contributed by atoms with E-state index in [0.717, 1.165) is 39.0 Å². The van der Waals surface area contributed by atoms with E-state index in [1.165, 1.54) is 11.1 Å². The van der Waals surface area contributed by atoms with Gasteiger partial charge in [0.05, 0.1) is 0 Å². The number of hydrogen-bond donors (Lipinski definition) is 0. The Morgan fingerprint density at radius 2 is 1.83 bits per heavy atom. The Kier molecular flexibility index (Phi) is 5.20. The molecule has 1 saturated heterocycles. The first kappa shape index (κ1) is 18.8. The predicted octanol–water partition coefficient (Wildman–Crippen LogP) is 4.15. The van der Waals surface area contributed by atoms with Crippen molar-refractivity contribution in [3.63, 3.8) is 0 Å². The number of amides is 1. The maximum atomic E-state index is 13.1. The minimum absolute atomic E-state index is 0.0707. The third-order valence-corrected chi connectivity index (χ3v) is 6.07. The number of fused-ring (bicyclic) bond motifs is 1. The Morgan fingerprint density at radius 3 is 2.70 bits per heavy atom. The van der Waals surface area contributed by atoms with E-state index in [2.05, 4.69) is 34.1 Å². The summed E-state index contributed by atoms with van der Waals surface area (Å²) in [6, 6.07) is 22.0. The van der Waals surface area contributed by atoms with E-state index in [9.17, 15) is 4.79 Å². The largest absolute Gasteiger partial charge is 0.439 e. The van der Waals surface area contributed by atoms with Gasteiger partial charge in [-0.15, -0.1) is 0 Å². The highest BCUT2D eigenvalue weighted by atomic mass is 16.5. The van der Waals surface area contributed by atoms with E-state index in [-0.39, 0.29) is 5.91 Å². The molecule has 2 aliphatic rings. The third kappa shape index (κ3) is 3.94. The van der Waals surface area contributed by atoms with Crippen molar-refractivity contribution in [2.45, 2.75) is 25.4 Å². The number of carbonyl (C=O) groups excluding carboxylic acids is 1. The average Bonchev–Trinajstić information content (AvgIpc) is 3.29. The SMILES string of the molecule is O=C(c1cccc(Oc2ccccn2)c1)N1CCC(N2CCc3ccccc3C2)C1. The van der Waals surface area contributed by atoms with Gasteiger partial charge in [0.25, 0.3) is 5.91 Å². The molecule has 2 aliphatic heterocycles. The van der Waals surface area contributed by atoms with Crippen molar-refractivity contribution in [1.82, 2.24) is 14.8 Å². The van der Waals surface area contributed by atoms with Crippen LogP contribution in [0.4, 0.5) is 0 Å². The average molecular weight is 399 g/mol. The molecule has 30 heavy (non-hydrogen) atoms. The molecule has 1 atom stereocenters. The quantitative estimate of drug-likeness (QED) is 0.661. The van der Waals surface area contributed by atoms with Crippen molar-refractivity contribution in [3.05, 3.63) is 89.6 Å². The van der Waals surface area contributed by atoms with Gasteiger partial charge in [-0.05, 0) is 48.2 Å². The molecule has 5 heteroatoms. The first-order chi connectivity index (χ1) is 14.8. The number of ether oxygens (including phenoxy) is 1. The van der Waals surface area contributed by atoms with Gasteiger partial charge < -0.3 is 9.64 Å². The molecule has 0 saturated carbocycles. The summed E-state index contributed by atoms with van der Waals surface area (Å²) in [5, 5.41) is 0. The van der Waals surface area contributed by atoms with Crippen LogP contribution in [0.25, 0.3) is 0 Å². The molecule has 1 amide bonds. The second-order valence-corrected chi connectivity index (χ2v) is 7.98. The Morgan fingerprint density at radius 1 is 0.967 bits per heavy atom. The molecule has 152 valence electrons. The van der Waals surface area contributed by atoms with E-state index in [1.54, 1.807) is 12.3 Å². The van der Waals surface area contributed by atoms with E-state index < -0.39 is 0 Å². The number of carbonyl (C=O) groups is 1. The summed E-state index contributed by atoms with van der Waals surface area (Å²) in [5.41, 5.74) is 3.55. The van der Waals surface area contributed by atoms with Crippen molar-refractivity contribution in [2.24, 2.45) is 0 Å². The number of nitrogens with zero attached hydrogens (tertiary/aromatic N) is 3. The van der Waals surface area contributed by atoms with Crippen LogP contribution >= 0.6 is 0 Å². The van der Waals surface area contributed by atoms with Crippen molar-refractivity contribution >= 4 is 5.91 Å². The van der Waals surface area contributed by atoms with Crippen LogP contribution in [0.2, 0.25) is 0 Å². The molecule has 0 aliphatic carbocycles. The predicted molar refractivity (Wildman–Crippen MR) is 116 cm³/mol. The second kappa shape index (κ2) is 8.28. The van der Waals surface area contributed by atoms with Crippen LogP contribution in [0, 0.1) is 0 Å². The first-order valence-corrected chi connectivity index (χ1v) is 10.6. The van der Waals surface area contributed by atoms with E-state index >= 15 is 0 Å². The molecule has 0 N–H and O–H groups in total. The summed E-state index contributed by atoms with van der Waals surface area (Å²) in [4.78, 5) is 21.8. The minimum atomic E-state index is 0.0707. The van der Waals surface area contributed by atoms with Crippen LogP contribution in [0.1, 0.15) is 27.9 Å². The molecule has 3 aromatic rings. The fourth-order valence-electron chi connectivity index (χ4n) is 4.46. The van der Waals surface area contributed by atoms with E-state index in [1.807, 2.05) is 41.3 Å².